The quantitative estimate of drug-likeness (QED) is 0.585. The minimum atomic E-state index is 0.242. The smallest absolute Gasteiger partial charge is 0.221 e. The molecule has 0 aliphatic heterocycles. The van der Waals surface area contributed by atoms with Gasteiger partial charge in [0.05, 0.1) is 0 Å². The number of hydrogen-bond donors (Lipinski definition) is 2. The first-order valence-electron chi connectivity index (χ1n) is 9.46. The summed E-state index contributed by atoms with van der Waals surface area (Å²) in [4.78, 5) is 12.0. The van der Waals surface area contributed by atoms with Crippen LogP contribution in [0.15, 0.2) is 12.2 Å². The molecule has 0 aromatic rings. The largest absolute Gasteiger partial charge is 0.353 e. The van der Waals surface area contributed by atoms with E-state index in [9.17, 15) is 4.79 Å². The molecule has 2 N–H and O–H groups in total. The van der Waals surface area contributed by atoms with Gasteiger partial charge in [0.25, 0.3) is 0 Å². The fourth-order valence-corrected chi connectivity index (χ4v) is 5.39. The standard InChI is InChI=1S/C19H30N2O/c22-18(21-16-4-2-1-3-5-16)8-11-20-13-14-12-15-6-7-17(14)19(15)9-10-19/h6-7,14-17,20H,1-5,8-13H2,(H,21,22)/t14-,15-,17-/m1/s1. The zero-order valence-electron chi connectivity index (χ0n) is 13.7. The van der Waals surface area contributed by atoms with Crippen molar-refractivity contribution in [3.8, 4) is 0 Å². The van der Waals surface area contributed by atoms with E-state index in [1.54, 1.807) is 0 Å². The van der Waals surface area contributed by atoms with E-state index in [4.69, 9.17) is 0 Å². The first kappa shape index (κ1) is 14.7. The van der Waals surface area contributed by atoms with Crippen LogP contribution in [0.5, 0.6) is 0 Å². The highest BCUT2D eigenvalue weighted by Gasteiger charge is 2.62. The highest BCUT2D eigenvalue weighted by Crippen LogP contribution is 2.69. The molecule has 4 aliphatic carbocycles. The van der Waals surface area contributed by atoms with Gasteiger partial charge in [-0.3, -0.25) is 4.79 Å². The topological polar surface area (TPSA) is 41.1 Å². The maximum absolute atomic E-state index is 12.0. The van der Waals surface area contributed by atoms with E-state index in [-0.39, 0.29) is 5.91 Å². The van der Waals surface area contributed by atoms with E-state index in [2.05, 4.69) is 22.8 Å². The van der Waals surface area contributed by atoms with Crippen molar-refractivity contribution >= 4 is 5.91 Å². The first-order valence-corrected chi connectivity index (χ1v) is 9.46. The summed E-state index contributed by atoms with van der Waals surface area (Å²) in [5, 5.41) is 6.76. The Morgan fingerprint density at radius 1 is 1.14 bits per heavy atom. The van der Waals surface area contributed by atoms with Crippen molar-refractivity contribution in [3.63, 3.8) is 0 Å². The van der Waals surface area contributed by atoms with Crippen LogP contribution >= 0.6 is 0 Å². The Labute approximate surface area is 134 Å². The average molecular weight is 302 g/mol. The molecule has 1 spiro atoms. The summed E-state index contributed by atoms with van der Waals surface area (Å²) in [7, 11) is 0. The molecule has 4 rings (SSSR count). The van der Waals surface area contributed by atoms with Crippen molar-refractivity contribution in [2.24, 2.45) is 23.2 Å². The SMILES string of the molecule is O=C(CCNC[C@H]1C[C@H]2C=C[C@H]1C21CC1)NC1CCCCC1. The van der Waals surface area contributed by atoms with Crippen molar-refractivity contribution in [2.75, 3.05) is 13.1 Å². The van der Waals surface area contributed by atoms with Crippen molar-refractivity contribution in [3.05, 3.63) is 12.2 Å². The maximum Gasteiger partial charge on any atom is 0.221 e. The molecule has 0 aromatic carbocycles. The lowest BCUT2D eigenvalue weighted by Gasteiger charge is -2.23. The van der Waals surface area contributed by atoms with Crippen LogP contribution in [-0.4, -0.2) is 25.0 Å². The number of allylic oxidation sites excluding steroid dienone is 2. The second kappa shape index (κ2) is 5.99. The van der Waals surface area contributed by atoms with E-state index in [0.717, 1.165) is 30.8 Å². The molecule has 0 saturated heterocycles. The number of carbonyl (C=O) groups is 1. The van der Waals surface area contributed by atoms with Crippen molar-refractivity contribution in [1.82, 2.24) is 10.6 Å². The molecule has 3 nitrogen and oxygen atoms in total. The molecular weight excluding hydrogens is 272 g/mol. The van der Waals surface area contributed by atoms with Crippen LogP contribution in [0.3, 0.4) is 0 Å². The van der Waals surface area contributed by atoms with Crippen LogP contribution in [0.4, 0.5) is 0 Å². The number of hydrogen-bond acceptors (Lipinski definition) is 2. The molecule has 2 bridgehead atoms. The Morgan fingerprint density at radius 2 is 1.95 bits per heavy atom. The maximum atomic E-state index is 12.0. The van der Waals surface area contributed by atoms with E-state index >= 15 is 0 Å². The van der Waals surface area contributed by atoms with Gasteiger partial charge in [0, 0.05) is 19.0 Å². The monoisotopic (exact) mass is 302 g/mol. The molecule has 1 amide bonds. The van der Waals surface area contributed by atoms with Crippen molar-refractivity contribution in [2.45, 2.75) is 63.8 Å². The normalized spacial score (nSPS) is 35.2. The Hall–Kier alpha value is -0.830. The molecular formula is C19H30N2O. The molecule has 4 aliphatic rings. The van der Waals surface area contributed by atoms with Gasteiger partial charge < -0.3 is 10.6 Å². The zero-order valence-corrected chi connectivity index (χ0v) is 13.7. The second-order valence-electron chi connectivity index (χ2n) is 8.10. The summed E-state index contributed by atoms with van der Waals surface area (Å²) in [6.45, 7) is 1.94. The van der Waals surface area contributed by atoms with Crippen LogP contribution in [-0.2, 0) is 4.79 Å². The van der Waals surface area contributed by atoms with Crippen LogP contribution in [0.1, 0.15) is 57.8 Å². The predicted octanol–water partition coefficient (Wildman–Crippen LogP) is 3.02. The summed E-state index contributed by atoms with van der Waals surface area (Å²) < 4.78 is 0. The minimum absolute atomic E-state index is 0.242. The molecule has 0 unspecified atom stereocenters. The lowest BCUT2D eigenvalue weighted by molar-refractivity contribution is -0.121. The van der Waals surface area contributed by atoms with Crippen molar-refractivity contribution in [1.29, 1.82) is 0 Å². The van der Waals surface area contributed by atoms with E-state index in [1.807, 2.05) is 0 Å². The zero-order chi connectivity index (χ0) is 15.0. The van der Waals surface area contributed by atoms with Gasteiger partial charge in [-0.2, -0.15) is 0 Å². The van der Waals surface area contributed by atoms with Crippen molar-refractivity contribution < 1.29 is 4.79 Å². The fourth-order valence-electron chi connectivity index (χ4n) is 5.39. The molecule has 0 aromatic heterocycles. The van der Waals surface area contributed by atoms with Gasteiger partial charge in [-0.15, -0.1) is 0 Å². The second-order valence-corrected chi connectivity index (χ2v) is 8.10. The van der Waals surface area contributed by atoms with Gasteiger partial charge in [-0.1, -0.05) is 31.4 Å². The number of amides is 1. The molecule has 3 heteroatoms. The highest BCUT2D eigenvalue weighted by atomic mass is 16.1. The van der Waals surface area contributed by atoms with E-state index < -0.39 is 0 Å². The van der Waals surface area contributed by atoms with Crippen LogP contribution in [0.25, 0.3) is 0 Å². The summed E-state index contributed by atoms with van der Waals surface area (Å²) in [6.07, 6.45) is 16.2. The third-order valence-corrected chi connectivity index (χ3v) is 6.75. The molecule has 3 saturated carbocycles. The van der Waals surface area contributed by atoms with Gasteiger partial charge in [-0.25, -0.2) is 0 Å². The summed E-state index contributed by atoms with van der Waals surface area (Å²) in [5.74, 6) is 2.77. The third kappa shape index (κ3) is 2.73. The van der Waals surface area contributed by atoms with Gasteiger partial charge in [0.2, 0.25) is 5.91 Å². The number of carbonyl (C=O) groups excluding carboxylic acids is 1. The number of rotatable bonds is 6. The highest BCUT2D eigenvalue weighted by molar-refractivity contribution is 5.76. The van der Waals surface area contributed by atoms with E-state index in [1.165, 1.54) is 51.4 Å². The predicted molar refractivity (Wildman–Crippen MR) is 88.4 cm³/mol. The first-order chi connectivity index (χ1) is 10.8. The third-order valence-electron chi connectivity index (χ3n) is 6.75. The Kier molecular flexibility index (Phi) is 4.02. The molecule has 3 atom stereocenters. The molecule has 3 fully saturated rings. The fraction of sp³-hybridized carbons (Fsp3) is 0.842. The molecule has 122 valence electrons. The van der Waals surface area contributed by atoms with Gasteiger partial charge in [0.1, 0.15) is 0 Å². The van der Waals surface area contributed by atoms with Gasteiger partial charge in [0.15, 0.2) is 0 Å². The molecule has 22 heavy (non-hydrogen) atoms. The lowest BCUT2D eigenvalue weighted by atomic mass is 9.89. The Balaban J connectivity index is 1.13. The minimum Gasteiger partial charge on any atom is -0.353 e. The van der Waals surface area contributed by atoms with Crippen LogP contribution in [0.2, 0.25) is 0 Å². The number of nitrogens with one attached hydrogen (secondary N) is 2. The van der Waals surface area contributed by atoms with Gasteiger partial charge in [-0.05, 0) is 61.8 Å². The summed E-state index contributed by atoms with van der Waals surface area (Å²) in [5.41, 5.74) is 0.699. The average Bonchev–Trinajstić information content (AvgIpc) is 3.20. The molecule has 0 heterocycles. The van der Waals surface area contributed by atoms with Crippen LogP contribution in [0, 0.1) is 23.2 Å². The summed E-state index contributed by atoms with van der Waals surface area (Å²) >= 11 is 0. The van der Waals surface area contributed by atoms with Crippen LogP contribution < -0.4 is 10.6 Å². The lowest BCUT2D eigenvalue weighted by Crippen LogP contribution is -2.38. The van der Waals surface area contributed by atoms with Gasteiger partial charge >= 0.3 is 0 Å². The Morgan fingerprint density at radius 3 is 2.68 bits per heavy atom. The Bertz CT molecular complexity index is 448. The molecule has 0 radical (unpaired) electrons. The summed E-state index contributed by atoms with van der Waals surface area (Å²) in [6, 6.07) is 0.451. The van der Waals surface area contributed by atoms with E-state index in [0.29, 0.717) is 17.9 Å².